The van der Waals surface area contributed by atoms with E-state index in [9.17, 15) is 13.2 Å². The SMILES string of the molecule is CC1CCCC(C)C1NC(=O)NS(=O)(=O)N(c1cnn(C)c1)C1CCOCC1.[Na]. The Kier molecular flexibility index (Phi) is 8.84. The van der Waals surface area contributed by atoms with E-state index in [1.54, 1.807) is 17.9 Å². The average Bonchev–Trinajstić information content (AvgIpc) is 3.04. The molecule has 1 aliphatic carbocycles. The summed E-state index contributed by atoms with van der Waals surface area (Å²) in [4.78, 5) is 12.6. The fraction of sp³-hybridized carbons (Fsp3) is 0.778. The fourth-order valence-electron chi connectivity index (χ4n) is 4.30. The number of hydrogen-bond acceptors (Lipinski definition) is 5. The second-order valence-corrected chi connectivity index (χ2v) is 9.55. The Morgan fingerprint density at radius 2 is 1.83 bits per heavy atom. The van der Waals surface area contributed by atoms with Gasteiger partial charge in [-0.25, -0.2) is 13.8 Å². The van der Waals surface area contributed by atoms with Crippen LogP contribution in [0.2, 0.25) is 0 Å². The van der Waals surface area contributed by atoms with E-state index in [0.29, 0.717) is 43.6 Å². The van der Waals surface area contributed by atoms with Crippen LogP contribution < -0.4 is 14.3 Å². The Bertz CT molecular complexity index is 771. The number of aryl methyl sites for hydroxylation is 1. The molecule has 11 heteroatoms. The summed E-state index contributed by atoms with van der Waals surface area (Å²) in [6.07, 6.45) is 7.47. The summed E-state index contributed by atoms with van der Waals surface area (Å²) in [6.45, 7) is 5.17. The zero-order valence-corrected chi connectivity index (χ0v) is 20.6. The quantitative estimate of drug-likeness (QED) is 0.679. The molecule has 1 saturated carbocycles. The van der Waals surface area contributed by atoms with Gasteiger partial charge < -0.3 is 10.1 Å². The first-order valence-corrected chi connectivity index (χ1v) is 11.4. The Balaban J connectivity index is 0.00000300. The first kappa shape index (κ1) is 24.5. The molecular formula is C18H31N5NaO4S. The number of hydrogen-bond donors (Lipinski definition) is 2. The minimum atomic E-state index is -4.08. The van der Waals surface area contributed by atoms with Gasteiger partial charge in [0.2, 0.25) is 0 Å². The first-order valence-electron chi connectivity index (χ1n) is 9.97. The smallest absolute Gasteiger partial charge is 0.330 e. The van der Waals surface area contributed by atoms with E-state index in [1.807, 2.05) is 0 Å². The third kappa shape index (κ3) is 6.10. The van der Waals surface area contributed by atoms with Gasteiger partial charge in [0.15, 0.2) is 0 Å². The summed E-state index contributed by atoms with van der Waals surface area (Å²) in [5, 5.41) is 6.98. The maximum Gasteiger partial charge on any atom is 0.330 e. The number of nitrogens with zero attached hydrogens (tertiary/aromatic N) is 3. The molecule has 159 valence electrons. The van der Waals surface area contributed by atoms with Crippen molar-refractivity contribution in [3.63, 3.8) is 0 Å². The number of aromatic nitrogens is 2. The zero-order chi connectivity index (χ0) is 20.3. The van der Waals surface area contributed by atoms with Crippen LogP contribution in [-0.4, -0.2) is 79.1 Å². The van der Waals surface area contributed by atoms with Gasteiger partial charge in [0.05, 0.1) is 17.9 Å². The van der Waals surface area contributed by atoms with E-state index in [-0.39, 0.29) is 41.6 Å². The van der Waals surface area contributed by atoms with Crippen molar-refractivity contribution in [3.8, 4) is 0 Å². The van der Waals surface area contributed by atoms with Crippen molar-refractivity contribution in [1.29, 1.82) is 0 Å². The molecule has 2 N–H and O–H groups in total. The molecule has 0 bridgehead atoms. The largest absolute Gasteiger partial charge is 0.381 e. The number of rotatable bonds is 5. The molecule has 29 heavy (non-hydrogen) atoms. The number of carbonyl (C=O) groups is 1. The topological polar surface area (TPSA) is 106 Å². The summed E-state index contributed by atoms with van der Waals surface area (Å²) in [5.74, 6) is 0.643. The maximum atomic E-state index is 13.1. The normalized spacial score (nSPS) is 25.7. The van der Waals surface area contributed by atoms with Crippen LogP contribution in [0.1, 0.15) is 46.0 Å². The van der Waals surface area contributed by atoms with Gasteiger partial charge in [-0.1, -0.05) is 20.3 Å². The molecule has 2 heterocycles. The van der Waals surface area contributed by atoms with Crippen LogP contribution in [0.4, 0.5) is 10.5 Å². The van der Waals surface area contributed by atoms with Gasteiger partial charge in [0.25, 0.3) is 0 Å². The van der Waals surface area contributed by atoms with E-state index >= 15 is 0 Å². The van der Waals surface area contributed by atoms with Gasteiger partial charge >= 0.3 is 16.2 Å². The summed E-state index contributed by atoms with van der Waals surface area (Å²) < 4.78 is 36.7. The molecule has 9 nitrogen and oxygen atoms in total. The number of carbonyl (C=O) groups excluding carboxylic acids is 1. The van der Waals surface area contributed by atoms with E-state index in [1.165, 1.54) is 10.5 Å². The molecule has 3 rings (SSSR count). The van der Waals surface area contributed by atoms with Crippen molar-refractivity contribution >= 4 is 51.5 Å². The van der Waals surface area contributed by atoms with E-state index < -0.39 is 16.2 Å². The van der Waals surface area contributed by atoms with E-state index in [2.05, 4.69) is 29.0 Å². The van der Waals surface area contributed by atoms with Crippen LogP contribution in [0.15, 0.2) is 12.4 Å². The van der Waals surface area contributed by atoms with Crippen LogP contribution >= 0.6 is 0 Å². The first-order chi connectivity index (χ1) is 13.3. The minimum absolute atomic E-state index is 0. The zero-order valence-electron chi connectivity index (χ0n) is 17.8. The number of anilines is 1. The maximum absolute atomic E-state index is 13.1. The van der Waals surface area contributed by atoms with Crippen LogP contribution in [0.5, 0.6) is 0 Å². The van der Waals surface area contributed by atoms with Gasteiger partial charge in [-0.15, -0.1) is 0 Å². The predicted octanol–water partition coefficient (Wildman–Crippen LogP) is 1.39. The molecule has 1 radical (unpaired) electrons. The second kappa shape index (κ2) is 10.5. The van der Waals surface area contributed by atoms with Crippen LogP contribution in [0, 0.1) is 11.8 Å². The Morgan fingerprint density at radius 3 is 2.38 bits per heavy atom. The minimum Gasteiger partial charge on any atom is -0.381 e. The van der Waals surface area contributed by atoms with Crippen molar-refractivity contribution in [2.45, 2.75) is 58.0 Å². The Morgan fingerprint density at radius 1 is 1.21 bits per heavy atom. The van der Waals surface area contributed by atoms with Crippen molar-refractivity contribution in [2.75, 3.05) is 17.5 Å². The van der Waals surface area contributed by atoms with Crippen LogP contribution in [0.25, 0.3) is 0 Å². The molecule has 1 saturated heterocycles. The Hall–Kier alpha value is -0.810. The third-order valence-electron chi connectivity index (χ3n) is 5.79. The molecule has 1 aromatic heterocycles. The van der Waals surface area contributed by atoms with Crippen molar-refractivity contribution in [1.82, 2.24) is 19.8 Å². The molecule has 0 spiro atoms. The Labute approximate surface area is 195 Å². The number of urea groups is 1. The van der Waals surface area contributed by atoms with E-state index in [0.717, 1.165) is 19.3 Å². The number of ether oxygens (including phenoxy) is 1. The molecule has 2 atom stereocenters. The number of nitrogens with one attached hydrogen (secondary N) is 2. The predicted molar refractivity (Wildman–Crippen MR) is 112 cm³/mol. The van der Waals surface area contributed by atoms with Gasteiger partial charge in [0, 0.05) is 62.1 Å². The monoisotopic (exact) mass is 436 g/mol. The summed E-state index contributed by atoms with van der Waals surface area (Å²) in [5.41, 5.74) is 0.439. The molecule has 2 fully saturated rings. The van der Waals surface area contributed by atoms with Gasteiger partial charge in [0.1, 0.15) is 0 Å². The second-order valence-electron chi connectivity index (χ2n) is 8.00. The van der Waals surface area contributed by atoms with Crippen LogP contribution in [0.3, 0.4) is 0 Å². The summed E-state index contributed by atoms with van der Waals surface area (Å²) in [6, 6.07) is -0.985. The van der Waals surface area contributed by atoms with Crippen molar-refractivity contribution < 1.29 is 17.9 Å². The molecule has 2 unspecified atom stereocenters. The number of amides is 2. The molecular weight excluding hydrogens is 405 g/mol. The van der Waals surface area contributed by atoms with Gasteiger partial charge in [-0.2, -0.15) is 13.5 Å². The van der Waals surface area contributed by atoms with Gasteiger partial charge in [-0.05, 0) is 37.5 Å². The molecule has 2 aliphatic rings. The van der Waals surface area contributed by atoms with Crippen molar-refractivity contribution in [2.24, 2.45) is 18.9 Å². The summed E-state index contributed by atoms with van der Waals surface area (Å²) in [7, 11) is -2.36. The average molecular weight is 437 g/mol. The van der Waals surface area contributed by atoms with Gasteiger partial charge in [-0.3, -0.25) is 4.68 Å². The molecule has 1 aliphatic heterocycles. The fourth-order valence-corrected chi connectivity index (χ4v) is 5.67. The molecule has 0 aromatic carbocycles. The van der Waals surface area contributed by atoms with Crippen LogP contribution in [-0.2, 0) is 22.0 Å². The van der Waals surface area contributed by atoms with Crippen molar-refractivity contribution in [3.05, 3.63) is 12.4 Å². The molecule has 1 aromatic rings. The standard InChI is InChI=1S/C18H31N5O4S.Na/c1-13-5-4-6-14(2)17(13)20-18(24)21-28(25,26)23(15-7-9-27-10-8-15)16-11-19-22(3)12-16;/h11-15,17H,4-10H2,1-3H3,(H2,20,21,24);. The molecule has 2 amide bonds. The summed E-state index contributed by atoms with van der Waals surface area (Å²) >= 11 is 0. The third-order valence-corrected chi connectivity index (χ3v) is 7.26. The van der Waals surface area contributed by atoms with E-state index in [4.69, 9.17) is 4.74 Å².